The van der Waals surface area contributed by atoms with E-state index < -0.39 is 61.3 Å². The highest BCUT2D eigenvalue weighted by Crippen LogP contribution is 2.57. The van der Waals surface area contributed by atoms with E-state index in [0.29, 0.717) is 4.57 Å². The van der Waals surface area contributed by atoms with Gasteiger partial charge in [-0.25, -0.2) is 24.1 Å². The van der Waals surface area contributed by atoms with Crippen LogP contribution in [0.1, 0.15) is 18.7 Å². The molecule has 1 aromatic carbocycles. The molecule has 1 N–H and O–H groups in total. The lowest BCUT2D eigenvalue weighted by atomic mass is 10.1. The molecule has 1 saturated carbocycles. The normalized spacial score (nSPS) is 15.4. The van der Waals surface area contributed by atoms with Gasteiger partial charge in [0.15, 0.2) is 17.5 Å². The second-order valence-corrected chi connectivity index (χ2v) is 10.3. The molecule has 5 rings (SSSR count). The SMILES string of the molecule is O=C(N[C@H](Cn1c(-c2ccc(Cl)cc2)nn(Cc2ncn(-c3ncccc3Cl)n2)c1=O)C(F)(F)F)C1(C(F)(F)F)CC1. The molecule has 18 heteroatoms. The zero-order valence-corrected chi connectivity index (χ0v) is 22.5. The average Bonchev–Trinajstić information content (AvgIpc) is 3.55. The lowest BCUT2D eigenvalue weighted by Gasteiger charge is -2.26. The molecule has 1 atom stereocenters. The Kier molecular flexibility index (Phi) is 7.55. The zero-order valence-electron chi connectivity index (χ0n) is 21.0. The number of hydrogen-bond donors (Lipinski definition) is 1. The van der Waals surface area contributed by atoms with Crippen molar-refractivity contribution in [2.45, 2.75) is 44.3 Å². The Bertz CT molecular complexity index is 1680. The van der Waals surface area contributed by atoms with Crippen LogP contribution in [0.5, 0.6) is 0 Å². The van der Waals surface area contributed by atoms with Crippen LogP contribution < -0.4 is 11.0 Å². The maximum Gasteiger partial charge on any atom is 0.410 e. The van der Waals surface area contributed by atoms with Gasteiger partial charge in [0.2, 0.25) is 5.91 Å². The molecule has 4 aromatic rings. The van der Waals surface area contributed by atoms with Crippen LogP contribution in [0.15, 0.2) is 53.7 Å². The fourth-order valence-electron chi connectivity index (χ4n) is 4.15. The highest BCUT2D eigenvalue weighted by Gasteiger charge is 2.69. The summed E-state index contributed by atoms with van der Waals surface area (Å²) in [7, 11) is 0. The van der Waals surface area contributed by atoms with E-state index in [1.807, 2.05) is 0 Å². The summed E-state index contributed by atoms with van der Waals surface area (Å²) in [5, 5.41) is 10.3. The number of pyridine rings is 1. The first-order chi connectivity index (χ1) is 19.7. The van der Waals surface area contributed by atoms with Crippen LogP contribution in [0, 0.1) is 5.41 Å². The van der Waals surface area contributed by atoms with E-state index in [1.165, 1.54) is 46.8 Å². The Balaban J connectivity index is 1.50. The van der Waals surface area contributed by atoms with Crippen LogP contribution in [0.25, 0.3) is 17.2 Å². The molecule has 0 spiro atoms. The van der Waals surface area contributed by atoms with Crippen molar-refractivity contribution in [3.8, 4) is 17.2 Å². The number of alkyl halides is 6. The predicted molar refractivity (Wildman–Crippen MR) is 136 cm³/mol. The fourth-order valence-corrected chi connectivity index (χ4v) is 4.48. The molecular weight excluding hydrogens is 617 g/mol. The topological polar surface area (TPSA) is 113 Å². The maximum absolute atomic E-state index is 14.0. The third kappa shape index (κ3) is 5.72. The Labute approximate surface area is 241 Å². The van der Waals surface area contributed by atoms with Crippen LogP contribution in [0.2, 0.25) is 10.0 Å². The first-order valence-corrected chi connectivity index (χ1v) is 12.8. The van der Waals surface area contributed by atoms with E-state index in [1.54, 1.807) is 12.1 Å². The van der Waals surface area contributed by atoms with Crippen LogP contribution in [-0.2, 0) is 17.9 Å². The highest BCUT2D eigenvalue weighted by molar-refractivity contribution is 6.32. The summed E-state index contributed by atoms with van der Waals surface area (Å²) in [5.74, 6) is -1.82. The number of nitrogens with zero attached hydrogens (tertiary/aromatic N) is 7. The van der Waals surface area contributed by atoms with E-state index in [4.69, 9.17) is 23.2 Å². The molecule has 1 amide bonds. The number of amides is 1. The van der Waals surface area contributed by atoms with Crippen LogP contribution >= 0.6 is 23.2 Å². The fraction of sp³-hybridized carbons (Fsp3) is 0.333. The minimum atomic E-state index is -5.21. The number of nitrogens with one attached hydrogen (secondary N) is 1. The van der Waals surface area contributed by atoms with Gasteiger partial charge in [0.1, 0.15) is 24.3 Å². The van der Waals surface area contributed by atoms with Crippen molar-refractivity contribution in [2.24, 2.45) is 5.41 Å². The lowest BCUT2D eigenvalue weighted by molar-refractivity contribution is -0.198. The molecule has 1 aliphatic rings. The second kappa shape index (κ2) is 10.7. The largest absolute Gasteiger partial charge is 0.410 e. The van der Waals surface area contributed by atoms with Crippen molar-refractivity contribution < 1.29 is 31.1 Å². The van der Waals surface area contributed by atoms with E-state index in [9.17, 15) is 35.9 Å². The minimum absolute atomic E-state index is 0.0210. The van der Waals surface area contributed by atoms with Gasteiger partial charge in [-0.05, 0) is 49.2 Å². The molecule has 0 aliphatic heterocycles. The molecule has 0 saturated heterocycles. The Morgan fingerprint density at radius 2 is 1.71 bits per heavy atom. The monoisotopic (exact) mass is 634 g/mol. The summed E-state index contributed by atoms with van der Waals surface area (Å²) in [6, 6.07) is 5.93. The van der Waals surface area contributed by atoms with Gasteiger partial charge in [0.05, 0.1) is 11.6 Å². The molecule has 42 heavy (non-hydrogen) atoms. The number of carbonyl (C=O) groups is 1. The number of halogens is 8. The van der Waals surface area contributed by atoms with E-state index >= 15 is 0 Å². The van der Waals surface area contributed by atoms with Gasteiger partial charge in [-0.15, -0.1) is 10.2 Å². The molecule has 3 heterocycles. The molecular formula is C24H18Cl2F6N8O2. The number of carbonyl (C=O) groups excluding carboxylic acids is 1. The van der Waals surface area contributed by atoms with Crippen molar-refractivity contribution in [2.75, 3.05) is 0 Å². The number of hydrogen-bond acceptors (Lipinski definition) is 6. The summed E-state index contributed by atoms with van der Waals surface area (Å²) < 4.78 is 85.0. The third-order valence-electron chi connectivity index (χ3n) is 6.60. The van der Waals surface area contributed by atoms with Gasteiger partial charge in [0, 0.05) is 16.8 Å². The summed E-state index contributed by atoms with van der Waals surface area (Å²) in [5.41, 5.74) is -3.78. The average molecular weight is 635 g/mol. The number of aromatic nitrogens is 7. The van der Waals surface area contributed by atoms with E-state index in [2.05, 4.69) is 20.2 Å². The Morgan fingerprint density at radius 1 is 1.02 bits per heavy atom. The molecule has 0 unspecified atom stereocenters. The van der Waals surface area contributed by atoms with Crippen molar-refractivity contribution in [3.05, 3.63) is 75.3 Å². The molecule has 3 aromatic heterocycles. The standard InChI is InChI=1S/C24H18Cl2F6N8O2/c25-14-5-3-13(4-6-14)18-37-39(11-17-34-12-40(36-17)19-15(26)2-1-9-33-19)21(42)38(18)10-16(23(27,28)29)35-20(41)22(7-8-22)24(30,31)32/h1-6,9,12,16H,7-8,10-11H2,(H,35,41)/t16-/m1/s1. The molecule has 1 aliphatic carbocycles. The third-order valence-corrected chi connectivity index (χ3v) is 7.15. The van der Waals surface area contributed by atoms with Gasteiger partial charge in [0.25, 0.3) is 0 Å². The number of rotatable bonds is 8. The summed E-state index contributed by atoms with van der Waals surface area (Å²) >= 11 is 12.0. The van der Waals surface area contributed by atoms with Crippen molar-refractivity contribution in [3.63, 3.8) is 0 Å². The smallest absolute Gasteiger partial charge is 0.342 e. The van der Waals surface area contributed by atoms with Gasteiger partial charge in [-0.3, -0.25) is 9.36 Å². The van der Waals surface area contributed by atoms with Crippen LogP contribution in [0.3, 0.4) is 0 Å². The molecule has 0 bridgehead atoms. The Morgan fingerprint density at radius 3 is 2.31 bits per heavy atom. The van der Waals surface area contributed by atoms with Crippen molar-refractivity contribution in [1.29, 1.82) is 0 Å². The first-order valence-electron chi connectivity index (χ1n) is 12.1. The zero-order chi connectivity index (χ0) is 30.4. The van der Waals surface area contributed by atoms with Gasteiger partial charge < -0.3 is 5.32 Å². The summed E-state index contributed by atoms with van der Waals surface area (Å²) in [6.07, 6.45) is -8.79. The predicted octanol–water partition coefficient (Wildman–Crippen LogP) is 4.43. The van der Waals surface area contributed by atoms with Crippen molar-refractivity contribution >= 4 is 29.1 Å². The molecule has 10 nitrogen and oxygen atoms in total. The van der Waals surface area contributed by atoms with E-state index in [-0.39, 0.29) is 33.1 Å². The molecule has 1 fully saturated rings. The lowest BCUT2D eigenvalue weighted by Crippen LogP contribution is -2.53. The Hall–Kier alpha value is -3.92. The maximum atomic E-state index is 14.0. The van der Waals surface area contributed by atoms with Crippen molar-refractivity contribution in [1.82, 2.24) is 39.4 Å². The summed E-state index contributed by atoms with van der Waals surface area (Å²) in [6.45, 7) is -1.66. The minimum Gasteiger partial charge on any atom is -0.342 e. The van der Waals surface area contributed by atoms with Gasteiger partial charge in [-0.2, -0.15) is 26.3 Å². The van der Waals surface area contributed by atoms with Crippen LogP contribution in [0.4, 0.5) is 26.3 Å². The summed E-state index contributed by atoms with van der Waals surface area (Å²) in [4.78, 5) is 33.9. The van der Waals surface area contributed by atoms with Crippen LogP contribution in [-0.4, -0.2) is 58.4 Å². The van der Waals surface area contributed by atoms with Gasteiger partial charge >= 0.3 is 18.0 Å². The second-order valence-electron chi connectivity index (χ2n) is 9.44. The van der Waals surface area contributed by atoms with Gasteiger partial charge in [-0.1, -0.05) is 23.2 Å². The quantitative estimate of drug-likeness (QED) is 0.287. The molecule has 0 radical (unpaired) electrons. The van der Waals surface area contributed by atoms with E-state index in [0.717, 1.165) is 4.68 Å². The highest BCUT2D eigenvalue weighted by atomic mass is 35.5. The first kappa shape index (κ1) is 29.6. The molecule has 222 valence electrons. The number of benzene rings is 1.